The summed E-state index contributed by atoms with van der Waals surface area (Å²) in [5.41, 5.74) is 4.15. The summed E-state index contributed by atoms with van der Waals surface area (Å²) in [5, 5.41) is 2.63. The summed E-state index contributed by atoms with van der Waals surface area (Å²) in [6, 6.07) is 17.8. The number of hydrogen-bond donors (Lipinski definition) is 0. The number of carbonyl (C=O) groups excluding carboxylic acids is 2. The maximum Gasteiger partial charge on any atom is 0.261 e. The second-order valence-corrected chi connectivity index (χ2v) is 9.62. The van der Waals surface area contributed by atoms with Crippen LogP contribution >= 0.6 is 0 Å². The van der Waals surface area contributed by atoms with Crippen LogP contribution < -0.4 is 0 Å². The van der Waals surface area contributed by atoms with Crippen molar-refractivity contribution < 1.29 is 14.0 Å². The number of fused-ring (bicyclic) bond motifs is 1. The first-order valence-electron chi connectivity index (χ1n) is 11.3. The Labute approximate surface area is 187 Å². The van der Waals surface area contributed by atoms with E-state index in [-0.39, 0.29) is 17.2 Å². The van der Waals surface area contributed by atoms with Crippen molar-refractivity contribution in [3.05, 3.63) is 71.3 Å². The molecule has 0 saturated heterocycles. The lowest BCUT2D eigenvalue weighted by Crippen LogP contribution is -2.40. The number of hydrogen-bond acceptors (Lipinski definition) is 3. The van der Waals surface area contributed by atoms with Gasteiger partial charge in [-0.1, -0.05) is 58.4 Å². The molecule has 0 N–H and O–H groups in total. The van der Waals surface area contributed by atoms with E-state index in [2.05, 4.69) is 45.9 Å². The summed E-state index contributed by atoms with van der Waals surface area (Å²) in [6.45, 7) is 9.05. The number of amides is 2. The molecule has 4 nitrogen and oxygen atoms in total. The highest BCUT2D eigenvalue weighted by Gasteiger charge is 2.33. The van der Waals surface area contributed by atoms with Gasteiger partial charge in [0.1, 0.15) is 11.3 Å². The first kappa shape index (κ1) is 20.5. The number of furan rings is 1. The van der Waals surface area contributed by atoms with Crippen LogP contribution in [0.15, 0.2) is 59.0 Å². The summed E-state index contributed by atoms with van der Waals surface area (Å²) in [5.74, 6) is 0.319. The summed E-state index contributed by atoms with van der Waals surface area (Å²) in [6.07, 6.45) is 1.73. The molecule has 0 radical (unpaired) electrons. The Morgan fingerprint density at radius 2 is 1.59 bits per heavy atom. The van der Waals surface area contributed by atoms with E-state index in [1.807, 2.05) is 36.4 Å². The molecule has 162 valence electrons. The molecule has 2 heterocycles. The van der Waals surface area contributed by atoms with Crippen molar-refractivity contribution in [2.45, 2.75) is 46.0 Å². The molecule has 4 heteroatoms. The highest BCUT2D eigenvalue weighted by molar-refractivity contribution is 6.26. The van der Waals surface area contributed by atoms with E-state index in [1.54, 1.807) is 0 Å². The molecule has 0 aliphatic carbocycles. The quantitative estimate of drug-likeness (QED) is 0.333. The Morgan fingerprint density at radius 3 is 2.31 bits per heavy atom. The monoisotopic (exact) mass is 425 g/mol. The van der Waals surface area contributed by atoms with Crippen LogP contribution in [-0.4, -0.2) is 23.3 Å². The molecule has 0 saturated carbocycles. The lowest BCUT2D eigenvalue weighted by Gasteiger charge is -2.27. The lowest BCUT2D eigenvalue weighted by atomic mass is 9.87. The Hall–Kier alpha value is -3.40. The van der Waals surface area contributed by atoms with Crippen molar-refractivity contribution in [2.24, 2.45) is 0 Å². The molecule has 1 aliphatic rings. The van der Waals surface area contributed by atoms with Crippen LogP contribution in [0, 0.1) is 0 Å². The SMILES string of the molecule is CCCCN1C(=O)c2cccc3c(-c4cc5ccc(C(C)(C)C)cc5o4)ccc(c23)C1=O. The zero-order valence-corrected chi connectivity index (χ0v) is 19.0. The predicted molar refractivity (Wildman–Crippen MR) is 128 cm³/mol. The van der Waals surface area contributed by atoms with Crippen LogP contribution in [0.1, 0.15) is 66.8 Å². The molecule has 1 aromatic heterocycles. The van der Waals surface area contributed by atoms with Gasteiger partial charge in [0, 0.05) is 34.0 Å². The maximum absolute atomic E-state index is 13.1. The second-order valence-electron chi connectivity index (χ2n) is 9.62. The van der Waals surface area contributed by atoms with Crippen LogP contribution in [-0.2, 0) is 5.41 Å². The van der Waals surface area contributed by atoms with Gasteiger partial charge in [-0.25, -0.2) is 0 Å². The zero-order chi connectivity index (χ0) is 22.6. The first-order chi connectivity index (χ1) is 15.3. The molecule has 1 aliphatic heterocycles. The number of rotatable bonds is 4. The molecule has 4 aromatic rings. The topological polar surface area (TPSA) is 50.5 Å². The number of imide groups is 1. The van der Waals surface area contributed by atoms with Gasteiger partial charge in [0.2, 0.25) is 0 Å². The summed E-state index contributed by atoms with van der Waals surface area (Å²) in [4.78, 5) is 27.6. The third-order valence-corrected chi connectivity index (χ3v) is 6.38. The fraction of sp³-hybridized carbons (Fsp3) is 0.286. The molecule has 2 amide bonds. The van der Waals surface area contributed by atoms with Gasteiger partial charge in [0.05, 0.1) is 0 Å². The van der Waals surface area contributed by atoms with E-state index in [1.165, 1.54) is 10.5 Å². The summed E-state index contributed by atoms with van der Waals surface area (Å²) >= 11 is 0. The van der Waals surface area contributed by atoms with Crippen molar-refractivity contribution in [1.82, 2.24) is 4.90 Å². The highest BCUT2D eigenvalue weighted by atomic mass is 16.3. The Balaban J connectivity index is 1.67. The van der Waals surface area contributed by atoms with E-state index in [9.17, 15) is 9.59 Å². The smallest absolute Gasteiger partial charge is 0.261 e. The number of carbonyl (C=O) groups is 2. The van der Waals surface area contributed by atoms with Gasteiger partial charge in [-0.05, 0) is 53.1 Å². The third kappa shape index (κ3) is 3.13. The molecule has 0 spiro atoms. The van der Waals surface area contributed by atoms with Gasteiger partial charge in [0.15, 0.2) is 0 Å². The van der Waals surface area contributed by atoms with Gasteiger partial charge in [-0.15, -0.1) is 0 Å². The van der Waals surface area contributed by atoms with Crippen LogP contribution in [0.2, 0.25) is 0 Å². The maximum atomic E-state index is 13.1. The standard InChI is InChI=1S/C28H27NO3/c1-5-6-14-29-26(30)21-9-7-8-20-19(12-13-22(25(20)21)27(29)31)24-15-17-10-11-18(28(2,3)4)16-23(17)32-24/h7-13,15-16H,5-6,14H2,1-4H3. The van der Waals surface area contributed by atoms with Gasteiger partial charge in [-0.3, -0.25) is 14.5 Å². The number of benzene rings is 3. The molecule has 5 rings (SSSR count). The first-order valence-corrected chi connectivity index (χ1v) is 11.3. The van der Waals surface area contributed by atoms with E-state index in [0.717, 1.165) is 45.9 Å². The Kier molecular flexibility index (Phi) is 4.70. The van der Waals surface area contributed by atoms with Gasteiger partial charge in [0.25, 0.3) is 11.8 Å². The van der Waals surface area contributed by atoms with Gasteiger partial charge < -0.3 is 4.42 Å². The second kappa shape index (κ2) is 7.33. The highest BCUT2D eigenvalue weighted by Crippen LogP contribution is 2.39. The Morgan fingerprint density at radius 1 is 0.875 bits per heavy atom. The molecular formula is C28H27NO3. The average molecular weight is 426 g/mol. The lowest BCUT2D eigenvalue weighted by molar-refractivity contribution is 0.0608. The van der Waals surface area contributed by atoms with E-state index in [0.29, 0.717) is 17.7 Å². The molecule has 32 heavy (non-hydrogen) atoms. The Bertz CT molecular complexity index is 1370. The third-order valence-electron chi connectivity index (χ3n) is 6.38. The van der Waals surface area contributed by atoms with Crippen molar-refractivity contribution in [2.75, 3.05) is 6.54 Å². The van der Waals surface area contributed by atoms with E-state index < -0.39 is 0 Å². The van der Waals surface area contributed by atoms with Gasteiger partial charge >= 0.3 is 0 Å². The molecular weight excluding hydrogens is 398 g/mol. The van der Waals surface area contributed by atoms with Crippen LogP contribution in [0.5, 0.6) is 0 Å². The summed E-state index contributed by atoms with van der Waals surface area (Å²) < 4.78 is 6.28. The van der Waals surface area contributed by atoms with Crippen molar-refractivity contribution in [3.8, 4) is 11.3 Å². The minimum absolute atomic E-state index is 0.0335. The van der Waals surface area contributed by atoms with Crippen molar-refractivity contribution in [1.29, 1.82) is 0 Å². The van der Waals surface area contributed by atoms with Crippen LogP contribution in [0.4, 0.5) is 0 Å². The largest absolute Gasteiger partial charge is 0.456 e. The van der Waals surface area contributed by atoms with Crippen molar-refractivity contribution in [3.63, 3.8) is 0 Å². The fourth-order valence-corrected chi connectivity index (χ4v) is 4.51. The van der Waals surface area contributed by atoms with E-state index in [4.69, 9.17) is 4.42 Å². The van der Waals surface area contributed by atoms with Crippen LogP contribution in [0.3, 0.4) is 0 Å². The van der Waals surface area contributed by atoms with E-state index >= 15 is 0 Å². The van der Waals surface area contributed by atoms with Crippen molar-refractivity contribution >= 4 is 33.6 Å². The minimum Gasteiger partial charge on any atom is -0.456 e. The molecule has 0 atom stereocenters. The van der Waals surface area contributed by atoms with Crippen LogP contribution in [0.25, 0.3) is 33.1 Å². The average Bonchev–Trinajstić information content (AvgIpc) is 3.19. The molecule has 0 unspecified atom stereocenters. The van der Waals surface area contributed by atoms with Gasteiger partial charge in [-0.2, -0.15) is 0 Å². The molecule has 3 aromatic carbocycles. The normalized spacial score (nSPS) is 14.1. The fourth-order valence-electron chi connectivity index (χ4n) is 4.51. The molecule has 0 fully saturated rings. The minimum atomic E-state index is -0.210. The summed E-state index contributed by atoms with van der Waals surface area (Å²) in [7, 11) is 0. The number of unbranched alkanes of at least 4 members (excludes halogenated alkanes) is 1. The molecule has 0 bridgehead atoms. The zero-order valence-electron chi connectivity index (χ0n) is 19.0. The predicted octanol–water partition coefficient (Wildman–Crippen LogP) is 6.95. The number of nitrogens with zero attached hydrogens (tertiary/aromatic N) is 1.